The Labute approximate surface area is 167 Å². The smallest absolute Gasteiger partial charge is 0.208 e. The number of piperidine rings is 1. The minimum atomic E-state index is -0.293. The third-order valence-corrected chi connectivity index (χ3v) is 6.70. The molecule has 1 saturated heterocycles. The first-order chi connectivity index (χ1) is 13.6. The van der Waals surface area contributed by atoms with Gasteiger partial charge in [-0.3, -0.25) is 0 Å². The van der Waals surface area contributed by atoms with Crippen molar-refractivity contribution in [3.8, 4) is 5.75 Å². The van der Waals surface area contributed by atoms with Gasteiger partial charge in [-0.25, -0.2) is 5.01 Å². The maximum atomic E-state index is 6.66. The van der Waals surface area contributed by atoms with E-state index in [0.29, 0.717) is 5.92 Å². The second-order valence-corrected chi connectivity index (χ2v) is 8.93. The van der Waals surface area contributed by atoms with Gasteiger partial charge < -0.3 is 9.64 Å². The monoisotopic (exact) mass is 376 g/mol. The minimum Gasteiger partial charge on any atom is -0.466 e. The van der Waals surface area contributed by atoms with Crippen molar-refractivity contribution >= 4 is 5.71 Å². The van der Waals surface area contributed by atoms with Crippen molar-refractivity contribution in [3.63, 3.8) is 0 Å². The summed E-state index contributed by atoms with van der Waals surface area (Å²) in [6.45, 7) is 6.73. The van der Waals surface area contributed by atoms with Gasteiger partial charge in [-0.15, -0.1) is 0 Å². The normalized spacial score (nSPS) is 28.7. The molecule has 3 aliphatic rings. The Morgan fingerprint density at radius 1 is 1.07 bits per heavy atom. The van der Waals surface area contributed by atoms with E-state index in [1.165, 1.54) is 22.4 Å². The van der Waals surface area contributed by atoms with Crippen LogP contribution < -0.4 is 9.64 Å². The summed E-state index contributed by atoms with van der Waals surface area (Å²) in [5.74, 6) is 1.60. The van der Waals surface area contributed by atoms with Gasteiger partial charge in [-0.1, -0.05) is 56.3 Å². The Kier molecular flexibility index (Phi) is 4.20. The van der Waals surface area contributed by atoms with E-state index in [-0.39, 0.29) is 11.8 Å². The number of rotatable bonds is 2. The zero-order valence-electron chi connectivity index (χ0n) is 17.1. The molecule has 5 rings (SSSR count). The quantitative estimate of drug-likeness (QED) is 0.871. The van der Waals surface area contributed by atoms with Crippen LogP contribution in [0.15, 0.2) is 53.6 Å². The number of hydrazone groups is 1. The van der Waals surface area contributed by atoms with Crippen LogP contribution >= 0.6 is 0 Å². The Bertz CT molecular complexity index is 894. The molecule has 3 aliphatic heterocycles. The molecule has 3 heterocycles. The molecule has 0 saturated carbocycles. The molecular formula is C24H30N3O+. The second kappa shape index (κ2) is 6.63. The van der Waals surface area contributed by atoms with E-state index in [1.54, 1.807) is 4.90 Å². The highest BCUT2D eigenvalue weighted by molar-refractivity contribution is 6.02. The van der Waals surface area contributed by atoms with E-state index in [0.717, 1.165) is 38.1 Å². The van der Waals surface area contributed by atoms with Crippen LogP contribution in [0.25, 0.3) is 0 Å². The Balaban J connectivity index is 1.53. The van der Waals surface area contributed by atoms with Crippen LogP contribution in [0.3, 0.4) is 0 Å². The number of hydrogen-bond donors (Lipinski definition) is 1. The van der Waals surface area contributed by atoms with E-state index in [9.17, 15) is 0 Å². The Hall–Kier alpha value is -2.33. The summed E-state index contributed by atoms with van der Waals surface area (Å²) in [4.78, 5) is 1.58. The van der Waals surface area contributed by atoms with Gasteiger partial charge in [0.25, 0.3) is 0 Å². The summed E-state index contributed by atoms with van der Waals surface area (Å²) in [5.41, 5.74) is 4.79. The van der Waals surface area contributed by atoms with Crippen LogP contribution in [-0.4, -0.2) is 36.6 Å². The number of likely N-dealkylation sites (tertiary alicyclic amines) is 1. The first kappa shape index (κ1) is 17.7. The van der Waals surface area contributed by atoms with Gasteiger partial charge in [0.2, 0.25) is 5.72 Å². The second-order valence-electron chi connectivity index (χ2n) is 8.93. The standard InChI is InChI=1S/C24H29N3O/c1-17(2)18-8-10-19(11-9-18)21-16-22-20-6-4-5-7-23(20)28-24(27(22)25-21)12-14-26(3)15-13-24/h4-11,17,22H,12-16H2,1-3H3/p+1/t22-/m1/s1. The van der Waals surface area contributed by atoms with Crippen LogP contribution in [-0.2, 0) is 0 Å². The molecule has 0 bridgehead atoms. The molecule has 4 heteroatoms. The first-order valence-electron chi connectivity index (χ1n) is 10.6. The van der Waals surface area contributed by atoms with E-state index < -0.39 is 0 Å². The Morgan fingerprint density at radius 2 is 1.79 bits per heavy atom. The van der Waals surface area contributed by atoms with Crippen LogP contribution in [0.4, 0.5) is 0 Å². The topological polar surface area (TPSA) is 29.3 Å². The summed E-state index contributed by atoms with van der Waals surface area (Å²) >= 11 is 0. The lowest BCUT2D eigenvalue weighted by Crippen LogP contribution is -3.11. The molecule has 1 atom stereocenters. The van der Waals surface area contributed by atoms with Gasteiger partial charge in [0.05, 0.1) is 44.7 Å². The van der Waals surface area contributed by atoms with Gasteiger partial charge in [0.1, 0.15) is 5.75 Å². The maximum Gasteiger partial charge on any atom is 0.208 e. The fraction of sp³-hybridized carbons (Fsp3) is 0.458. The largest absolute Gasteiger partial charge is 0.466 e. The van der Waals surface area contributed by atoms with Crippen molar-refractivity contribution in [1.82, 2.24) is 5.01 Å². The van der Waals surface area contributed by atoms with E-state index in [4.69, 9.17) is 9.84 Å². The van der Waals surface area contributed by atoms with Crippen LogP contribution in [0.2, 0.25) is 0 Å². The molecule has 0 aliphatic carbocycles. The summed E-state index contributed by atoms with van der Waals surface area (Å²) in [5, 5.41) is 7.48. The van der Waals surface area contributed by atoms with Crippen molar-refractivity contribution in [1.29, 1.82) is 0 Å². The van der Waals surface area contributed by atoms with Crippen LogP contribution in [0.1, 0.15) is 61.8 Å². The molecule has 1 fully saturated rings. The molecule has 1 N–H and O–H groups in total. The SMILES string of the molecule is CC(C)c1ccc(C2=NN3[C@H](C2)c2ccccc2OC32CC[NH+](C)CC2)cc1. The molecule has 0 amide bonds. The lowest BCUT2D eigenvalue weighted by atomic mass is 9.90. The molecule has 2 aromatic rings. The van der Waals surface area contributed by atoms with Crippen molar-refractivity contribution in [3.05, 3.63) is 65.2 Å². The molecule has 1 spiro atoms. The van der Waals surface area contributed by atoms with Gasteiger partial charge in [-0.2, -0.15) is 5.10 Å². The fourth-order valence-corrected chi connectivity index (χ4v) is 4.86. The highest BCUT2D eigenvalue weighted by Crippen LogP contribution is 2.49. The van der Waals surface area contributed by atoms with E-state index in [2.05, 4.69) is 74.4 Å². The summed E-state index contributed by atoms with van der Waals surface area (Å²) in [7, 11) is 2.27. The van der Waals surface area contributed by atoms with Crippen molar-refractivity contribution < 1.29 is 9.64 Å². The molecule has 0 radical (unpaired) electrons. The number of ether oxygens (including phenoxy) is 1. The molecule has 0 aromatic heterocycles. The average molecular weight is 377 g/mol. The number of hydrogen-bond acceptors (Lipinski definition) is 3. The van der Waals surface area contributed by atoms with Gasteiger partial charge in [0, 0.05) is 12.0 Å². The Morgan fingerprint density at radius 3 is 2.50 bits per heavy atom. The van der Waals surface area contributed by atoms with Gasteiger partial charge >= 0.3 is 0 Å². The molecule has 2 aromatic carbocycles. The first-order valence-corrected chi connectivity index (χ1v) is 10.6. The molecule has 146 valence electrons. The predicted molar refractivity (Wildman–Crippen MR) is 112 cm³/mol. The molecule has 28 heavy (non-hydrogen) atoms. The molecule has 4 nitrogen and oxygen atoms in total. The van der Waals surface area contributed by atoms with E-state index >= 15 is 0 Å². The van der Waals surface area contributed by atoms with Crippen molar-refractivity contribution in [2.45, 2.75) is 50.8 Å². The third-order valence-electron chi connectivity index (χ3n) is 6.70. The van der Waals surface area contributed by atoms with Gasteiger partial charge in [-0.05, 0) is 23.1 Å². The van der Waals surface area contributed by atoms with Gasteiger partial charge in [0.15, 0.2) is 0 Å². The zero-order valence-corrected chi connectivity index (χ0v) is 17.1. The summed E-state index contributed by atoms with van der Waals surface area (Å²) in [6.07, 6.45) is 2.99. The average Bonchev–Trinajstić information content (AvgIpc) is 3.17. The third kappa shape index (κ3) is 2.82. The zero-order chi connectivity index (χ0) is 19.3. The van der Waals surface area contributed by atoms with Crippen LogP contribution in [0.5, 0.6) is 5.75 Å². The van der Waals surface area contributed by atoms with Crippen LogP contribution in [0, 0.1) is 0 Å². The lowest BCUT2D eigenvalue weighted by Gasteiger charge is -2.49. The highest BCUT2D eigenvalue weighted by atomic mass is 16.5. The highest BCUT2D eigenvalue weighted by Gasteiger charge is 2.52. The maximum absolute atomic E-state index is 6.66. The minimum absolute atomic E-state index is 0.281. The fourth-order valence-electron chi connectivity index (χ4n) is 4.86. The number of benzene rings is 2. The number of nitrogens with one attached hydrogen (secondary N) is 1. The molecular weight excluding hydrogens is 346 g/mol. The van der Waals surface area contributed by atoms with Crippen molar-refractivity contribution in [2.75, 3.05) is 20.1 Å². The molecule has 0 unspecified atom stereocenters. The summed E-state index contributed by atoms with van der Waals surface area (Å²) < 4.78 is 6.66. The summed E-state index contributed by atoms with van der Waals surface area (Å²) in [6, 6.07) is 17.8. The number of para-hydroxylation sites is 1. The lowest BCUT2D eigenvalue weighted by molar-refractivity contribution is -0.888. The number of quaternary nitrogens is 1. The van der Waals surface area contributed by atoms with E-state index in [1.807, 2.05) is 0 Å². The number of fused-ring (bicyclic) bond motifs is 4. The predicted octanol–water partition coefficient (Wildman–Crippen LogP) is 3.36. The van der Waals surface area contributed by atoms with Crippen molar-refractivity contribution in [2.24, 2.45) is 5.10 Å². The number of nitrogens with zero attached hydrogens (tertiary/aromatic N) is 2.